The number of halogens is 1. The van der Waals surface area contributed by atoms with Gasteiger partial charge in [-0.2, -0.15) is 0 Å². The molecule has 2 aromatic rings. The average Bonchev–Trinajstić information content (AvgIpc) is 3.08. The lowest BCUT2D eigenvalue weighted by Crippen LogP contribution is -1.96. The fourth-order valence-electron chi connectivity index (χ4n) is 3.45. The van der Waals surface area contributed by atoms with Gasteiger partial charge in [0.2, 0.25) is 11.8 Å². The quantitative estimate of drug-likeness (QED) is 0.773. The van der Waals surface area contributed by atoms with Gasteiger partial charge in [0, 0.05) is 27.4 Å². The molecule has 0 radical (unpaired) electrons. The van der Waals surface area contributed by atoms with Crippen molar-refractivity contribution in [3.05, 3.63) is 51.5 Å². The standard InChI is InChI=1S/C16H14BrNO2/c1-8-6-11(4-5-12(8)17)18-15(19)13-9-2-3-10(7-9)14(13)16(18)20/h2-6,9-10,19-20H,7H2,1H3/t9-,10+. The summed E-state index contributed by atoms with van der Waals surface area (Å²) in [4.78, 5) is 0. The summed E-state index contributed by atoms with van der Waals surface area (Å²) in [5, 5.41) is 21.0. The predicted molar refractivity (Wildman–Crippen MR) is 80.8 cm³/mol. The van der Waals surface area contributed by atoms with Crippen molar-refractivity contribution in [2.24, 2.45) is 0 Å². The molecule has 0 amide bonds. The average molecular weight is 332 g/mol. The molecule has 0 spiro atoms. The summed E-state index contributed by atoms with van der Waals surface area (Å²) in [7, 11) is 0. The van der Waals surface area contributed by atoms with Crippen LogP contribution in [0.2, 0.25) is 0 Å². The van der Waals surface area contributed by atoms with Crippen molar-refractivity contribution in [2.75, 3.05) is 0 Å². The lowest BCUT2D eigenvalue weighted by atomic mass is 10.0. The second-order valence-electron chi connectivity index (χ2n) is 5.58. The summed E-state index contributed by atoms with van der Waals surface area (Å²) in [6.07, 6.45) is 5.23. The molecule has 0 saturated heterocycles. The zero-order valence-corrected chi connectivity index (χ0v) is 12.6. The molecule has 0 aliphatic heterocycles. The SMILES string of the molecule is Cc1cc(-n2c(O)c3c(c2O)[C@H]2C=C[C@@H]3C2)ccc1Br. The van der Waals surface area contributed by atoms with Crippen molar-refractivity contribution in [2.45, 2.75) is 25.2 Å². The Kier molecular flexibility index (Phi) is 2.37. The molecule has 0 unspecified atom stereocenters. The van der Waals surface area contributed by atoms with E-state index < -0.39 is 0 Å². The Hall–Kier alpha value is -1.68. The van der Waals surface area contributed by atoms with E-state index in [1.54, 1.807) is 4.57 Å². The molecule has 1 aromatic heterocycles. The van der Waals surface area contributed by atoms with Crippen LogP contribution in [0.5, 0.6) is 11.8 Å². The zero-order chi connectivity index (χ0) is 14.0. The number of aromatic nitrogens is 1. The Labute approximate surface area is 125 Å². The Morgan fingerprint density at radius 2 is 1.70 bits per heavy atom. The number of aryl methyl sites for hydroxylation is 1. The highest BCUT2D eigenvalue weighted by Crippen LogP contribution is 2.57. The smallest absolute Gasteiger partial charge is 0.202 e. The van der Waals surface area contributed by atoms with Gasteiger partial charge in [-0.15, -0.1) is 0 Å². The van der Waals surface area contributed by atoms with Gasteiger partial charge >= 0.3 is 0 Å². The van der Waals surface area contributed by atoms with Gasteiger partial charge in [-0.3, -0.25) is 4.57 Å². The van der Waals surface area contributed by atoms with Crippen molar-refractivity contribution in [1.29, 1.82) is 0 Å². The molecule has 4 heteroatoms. The first-order valence-electron chi connectivity index (χ1n) is 6.69. The van der Waals surface area contributed by atoms with Crippen molar-refractivity contribution < 1.29 is 10.2 Å². The number of hydrogen-bond acceptors (Lipinski definition) is 2. The Balaban J connectivity index is 1.94. The molecule has 102 valence electrons. The second-order valence-corrected chi connectivity index (χ2v) is 6.43. The van der Waals surface area contributed by atoms with Crippen molar-refractivity contribution in [3.8, 4) is 17.4 Å². The van der Waals surface area contributed by atoms with Gasteiger partial charge in [-0.25, -0.2) is 0 Å². The van der Waals surface area contributed by atoms with Crippen LogP contribution in [0.1, 0.15) is 34.9 Å². The summed E-state index contributed by atoms with van der Waals surface area (Å²) in [5.74, 6) is 0.851. The minimum atomic E-state index is 0.177. The third kappa shape index (κ3) is 1.40. The van der Waals surface area contributed by atoms with E-state index >= 15 is 0 Å². The van der Waals surface area contributed by atoms with Crippen LogP contribution in [0.3, 0.4) is 0 Å². The highest BCUT2D eigenvalue weighted by Gasteiger charge is 2.41. The molecule has 2 bridgehead atoms. The normalized spacial score (nSPS) is 22.5. The van der Waals surface area contributed by atoms with Crippen LogP contribution in [-0.4, -0.2) is 14.8 Å². The molecule has 2 aliphatic rings. The van der Waals surface area contributed by atoms with E-state index in [4.69, 9.17) is 0 Å². The number of rotatable bonds is 1. The van der Waals surface area contributed by atoms with E-state index in [-0.39, 0.29) is 23.6 Å². The summed E-state index contributed by atoms with van der Waals surface area (Å²) < 4.78 is 2.57. The summed E-state index contributed by atoms with van der Waals surface area (Å²) >= 11 is 3.47. The Bertz CT molecular complexity index is 725. The molecule has 3 nitrogen and oxygen atoms in total. The monoisotopic (exact) mass is 331 g/mol. The van der Waals surface area contributed by atoms with E-state index in [1.165, 1.54) is 0 Å². The zero-order valence-electron chi connectivity index (χ0n) is 11.0. The third-order valence-electron chi connectivity index (χ3n) is 4.42. The van der Waals surface area contributed by atoms with E-state index in [9.17, 15) is 10.2 Å². The first-order chi connectivity index (χ1) is 9.58. The van der Waals surface area contributed by atoms with Gasteiger partial charge in [-0.1, -0.05) is 28.1 Å². The summed E-state index contributed by atoms with van der Waals surface area (Å²) in [6, 6.07) is 5.77. The number of hydrogen-bond donors (Lipinski definition) is 2. The second kappa shape index (κ2) is 3.92. The van der Waals surface area contributed by atoms with Crippen LogP contribution in [0.15, 0.2) is 34.8 Å². The van der Waals surface area contributed by atoms with Gasteiger partial charge in [-0.05, 0) is 37.1 Å². The van der Waals surface area contributed by atoms with Gasteiger partial charge in [0.05, 0.1) is 5.69 Å². The van der Waals surface area contributed by atoms with Crippen molar-refractivity contribution >= 4 is 15.9 Å². The van der Waals surface area contributed by atoms with Gasteiger partial charge < -0.3 is 10.2 Å². The largest absolute Gasteiger partial charge is 0.494 e. The minimum Gasteiger partial charge on any atom is -0.494 e. The molecule has 0 fully saturated rings. The minimum absolute atomic E-state index is 0.177. The summed E-state index contributed by atoms with van der Waals surface area (Å²) in [5.41, 5.74) is 3.65. The number of benzene rings is 1. The molecule has 2 N–H and O–H groups in total. The molecule has 1 heterocycles. The lowest BCUT2D eigenvalue weighted by molar-refractivity contribution is 0.395. The molecule has 20 heavy (non-hydrogen) atoms. The van der Waals surface area contributed by atoms with Gasteiger partial charge in [0.15, 0.2) is 0 Å². The maximum Gasteiger partial charge on any atom is 0.202 e. The number of nitrogens with zero attached hydrogens (tertiary/aromatic N) is 1. The summed E-state index contributed by atoms with van der Waals surface area (Å²) in [6.45, 7) is 1.99. The number of aromatic hydroxyl groups is 2. The lowest BCUT2D eigenvalue weighted by Gasteiger charge is -2.11. The van der Waals surface area contributed by atoms with E-state index in [0.29, 0.717) is 0 Å². The first kappa shape index (κ1) is 12.1. The van der Waals surface area contributed by atoms with Crippen LogP contribution < -0.4 is 0 Å². The Morgan fingerprint density at radius 1 is 1.10 bits per heavy atom. The first-order valence-corrected chi connectivity index (χ1v) is 7.48. The van der Waals surface area contributed by atoms with Crippen LogP contribution in [0.25, 0.3) is 5.69 Å². The van der Waals surface area contributed by atoms with Crippen LogP contribution in [-0.2, 0) is 0 Å². The van der Waals surface area contributed by atoms with Crippen LogP contribution in [0, 0.1) is 6.92 Å². The fourth-order valence-corrected chi connectivity index (χ4v) is 3.70. The van der Waals surface area contributed by atoms with Gasteiger partial charge in [0.25, 0.3) is 0 Å². The molecule has 2 aliphatic carbocycles. The molecule has 1 aromatic carbocycles. The maximum absolute atomic E-state index is 10.5. The molecule has 0 saturated carbocycles. The Morgan fingerprint density at radius 3 is 2.25 bits per heavy atom. The molecule has 4 rings (SSSR count). The highest BCUT2D eigenvalue weighted by atomic mass is 79.9. The van der Waals surface area contributed by atoms with Crippen molar-refractivity contribution in [1.82, 2.24) is 4.57 Å². The topological polar surface area (TPSA) is 45.4 Å². The molecular weight excluding hydrogens is 318 g/mol. The number of allylic oxidation sites excluding steroid dienone is 2. The van der Waals surface area contributed by atoms with E-state index in [2.05, 4.69) is 28.1 Å². The highest BCUT2D eigenvalue weighted by molar-refractivity contribution is 9.10. The maximum atomic E-state index is 10.5. The van der Waals surface area contributed by atoms with Gasteiger partial charge in [0.1, 0.15) is 0 Å². The third-order valence-corrected chi connectivity index (χ3v) is 5.31. The fraction of sp³-hybridized carbons (Fsp3) is 0.250. The van der Waals surface area contributed by atoms with E-state index in [0.717, 1.165) is 33.3 Å². The molecule has 2 atom stereocenters. The molecular formula is C16H14BrNO2. The van der Waals surface area contributed by atoms with Crippen LogP contribution in [0.4, 0.5) is 0 Å². The van der Waals surface area contributed by atoms with Crippen LogP contribution >= 0.6 is 15.9 Å². The predicted octanol–water partition coefficient (Wildman–Crippen LogP) is 4.10. The van der Waals surface area contributed by atoms with Crippen molar-refractivity contribution in [3.63, 3.8) is 0 Å². The number of fused-ring (bicyclic) bond motifs is 5. The van der Waals surface area contributed by atoms with E-state index in [1.807, 2.05) is 25.1 Å².